The summed E-state index contributed by atoms with van der Waals surface area (Å²) in [6.07, 6.45) is 4.17. The van der Waals surface area contributed by atoms with Crippen molar-refractivity contribution in [3.63, 3.8) is 0 Å². The van der Waals surface area contributed by atoms with E-state index in [2.05, 4.69) is 15.7 Å². The van der Waals surface area contributed by atoms with Crippen molar-refractivity contribution in [1.82, 2.24) is 25.3 Å². The van der Waals surface area contributed by atoms with Gasteiger partial charge in [0, 0.05) is 25.7 Å². The molecule has 3 amide bonds. The Morgan fingerprint density at radius 2 is 1.91 bits per heavy atom. The van der Waals surface area contributed by atoms with E-state index in [0.717, 1.165) is 31.2 Å². The Labute approximate surface area is 188 Å². The van der Waals surface area contributed by atoms with Crippen LogP contribution >= 0.6 is 0 Å². The zero-order valence-electron chi connectivity index (χ0n) is 18.9. The summed E-state index contributed by atoms with van der Waals surface area (Å²) in [6, 6.07) is 11.6. The first-order valence-corrected chi connectivity index (χ1v) is 11.3. The zero-order chi connectivity index (χ0) is 22.9. The minimum Gasteiger partial charge on any atom is -0.351 e. The Kier molecular flexibility index (Phi) is 6.04. The smallest absolute Gasteiger partial charge is 0.272 e. The van der Waals surface area contributed by atoms with Gasteiger partial charge in [-0.2, -0.15) is 5.10 Å². The first kappa shape index (κ1) is 22.0. The van der Waals surface area contributed by atoms with Crippen LogP contribution in [0.2, 0.25) is 0 Å². The third-order valence-corrected chi connectivity index (χ3v) is 6.85. The van der Waals surface area contributed by atoms with Crippen LogP contribution in [0, 0.1) is 0 Å². The lowest BCUT2D eigenvalue weighted by Gasteiger charge is -2.41. The molecule has 1 aliphatic heterocycles. The van der Waals surface area contributed by atoms with Gasteiger partial charge in [0.2, 0.25) is 5.91 Å². The largest absolute Gasteiger partial charge is 0.351 e. The summed E-state index contributed by atoms with van der Waals surface area (Å²) in [5.41, 5.74) is 0.578. The summed E-state index contributed by atoms with van der Waals surface area (Å²) in [4.78, 5) is 40.3. The van der Waals surface area contributed by atoms with E-state index in [0.29, 0.717) is 12.2 Å². The average molecular weight is 438 g/mol. The van der Waals surface area contributed by atoms with Crippen molar-refractivity contribution in [2.45, 2.75) is 63.6 Å². The zero-order valence-corrected chi connectivity index (χ0v) is 18.9. The van der Waals surface area contributed by atoms with Crippen LogP contribution in [-0.2, 0) is 11.3 Å². The maximum atomic E-state index is 13.1. The van der Waals surface area contributed by atoms with Gasteiger partial charge in [0.15, 0.2) is 5.69 Å². The molecule has 1 aliphatic carbocycles. The van der Waals surface area contributed by atoms with Crippen LogP contribution in [0.3, 0.4) is 0 Å². The molecule has 0 unspecified atom stereocenters. The monoisotopic (exact) mass is 437 g/mol. The van der Waals surface area contributed by atoms with Crippen molar-refractivity contribution in [1.29, 1.82) is 0 Å². The molecule has 170 valence electrons. The number of nitrogens with zero attached hydrogens (tertiary/aromatic N) is 3. The van der Waals surface area contributed by atoms with Crippen LogP contribution in [0.5, 0.6) is 0 Å². The van der Waals surface area contributed by atoms with E-state index in [4.69, 9.17) is 0 Å². The lowest BCUT2D eigenvalue weighted by Crippen LogP contribution is -2.63. The molecule has 0 radical (unpaired) electrons. The molecule has 8 heteroatoms. The predicted octanol–water partition coefficient (Wildman–Crippen LogP) is 2.32. The van der Waals surface area contributed by atoms with Gasteiger partial charge < -0.3 is 15.5 Å². The summed E-state index contributed by atoms with van der Waals surface area (Å²) in [6.45, 7) is 4.46. The molecular formula is C24H31N5O3. The van der Waals surface area contributed by atoms with Crippen molar-refractivity contribution in [2.24, 2.45) is 0 Å². The van der Waals surface area contributed by atoms with E-state index in [1.807, 2.05) is 37.3 Å². The molecule has 2 atom stereocenters. The number of hydrogen-bond acceptors (Lipinski definition) is 4. The molecule has 2 heterocycles. The molecule has 1 saturated carbocycles. The molecule has 0 saturated heterocycles. The Morgan fingerprint density at radius 3 is 2.59 bits per heavy atom. The number of hydrogen-bond donors (Lipinski definition) is 2. The van der Waals surface area contributed by atoms with E-state index >= 15 is 0 Å². The highest BCUT2D eigenvalue weighted by Gasteiger charge is 2.46. The SMILES string of the molecule is C[C@@H](CNC(=O)c1cc2n(n1)C[C@](C)(C(=O)NC1CCCC1)N(C)C2=O)c1ccccc1. The number of aromatic nitrogens is 2. The van der Waals surface area contributed by atoms with Gasteiger partial charge in [-0.1, -0.05) is 50.1 Å². The van der Waals surface area contributed by atoms with Gasteiger partial charge in [0.25, 0.3) is 11.8 Å². The minimum atomic E-state index is -1.06. The van der Waals surface area contributed by atoms with Crippen LogP contribution < -0.4 is 10.6 Å². The number of benzene rings is 1. The number of carbonyl (C=O) groups is 3. The van der Waals surface area contributed by atoms with Gasteiger partial charge in [0.1, 0.15) is 11.2 Å². The van der Waals surface area contributed by atoms with Crippen molar-refractivity contribution in [2.75, 3.05) is 13.6 Å². The number of amides is 3. The molecule has 1 fully saturated rings. The third-order valence-electron chi connectivity index (χ3n) is 6.85. The van der Waals surface area contributed by atoms with Crippen molar-refractivity contribution >= 4 is 17.7 Å². The number of nitrogens with one attached hydrogen (secondary N) is 2. The Morgan fingerprint density at radius 1 is 1.22 bits per heavy atom. The minimum absolute atomic E-state index is 0.146. The van der Waals surface area contributed by atoms with Crippen molar-refractivity contribution in [3.05, 3.63) is 53.3 Å². The van der Waals surface area contributed by atoms with Crippen LogP contribution in [0.25, 0.3) is 0 Å². The van der Waals surface area contributed by atoms with Crippen LogP contribution in [-0.4, -0.2) is 57.6 Å². The third kappa shape index (κ3) is 4.13. The predicted molar refractivity (Wildman–Crippen MR) is 120 cm³/mol. The molecule has 4 rings (SSSR count). The first-order valence-electron chi connectivity index (χ1n) is 11.3. The van der Waals surface area contributed by atoms with Gasteiger partial charge in [-0.3, -0.25) is 19.1 Å². The van der Waals surface area contributed by atoms with Gasteiger partial charge in [0.05, 0.1) is 6.54 Å². The number of likely N-dealkylation sites (N-methyl/N-ethyl adjacent to an activating group) is 1. The number of fused-ring (bicyclic) bond motifs is 1. The van der Waals surface area contributed by atoms with Gasteiger partial charge in [-0.05, 0) is 31.2 Å². The van der Waals surface area contributed by atoms with E-state index in [1.165, 1.54) is 15.6 Å². The van der Waals surface area contributed by atoms with E-state index in [1.54, 1.807) is 14.0 Å². The fourth-order valence-electron chi connectivity index (χ4n) is 4.48. The second-order valence-electron chi connectivity index (χ2n) is 9.19. The lowest BCUT2D eigenvalue weighted by molar-refractivity contribution is -0.133. The first-order chi connectivity index (χ1) is 15.3. The molecule has 1 aromatic carbocycles. The summed E-state index contributed by atoms with van der Waals surface area (Å²) in [5.74, 6) is -0.677. The maximum Gasteiger partial charge on any atom is 0.272 e. The topological polar surface area (TPSA) is 96.3 Å². The van der Waals surface area contributed by atoms with E-state index < -0.39 is 5.54 Å². The molecule has 2 aromatic rings. The van der Waals surface area contributed by atoms with E-state index in [-0.39, 0.29) is 41.9 Å². The highest BCUT2D eigenvalue weighted by molar-refractivity contribution is 6.01. The normalized spacial score (nSPS) is 21.8. The summed E-state index contributed by atoms with van der Waals surface area (Å²) in [5, 5.41) is 10.4. The average Bonchev–Trinajstić information content (AvgIpc) is 3.46. The molecule has 0 spiro atoms. The highest BCUT2D eigenvalue weighted by Crippen LogP contribution is 2.27. The maximum absolute atomic E-state index is 13.1. The fourth-order valence-corrected chi connectivity index (χ4v) is 4.48. The van der Waals surface area contributed by atoms with Crippen molar-refractivity contribution < 1.29 is 14.4 Å². The molecule has 8 nitrogen and oxygen atoms in total. The Hall–Kier alpha value is -3.16. The summed E-state index contributed by atoms with van der Waals surface area (Å²) in [7, 11) is 1.63. The second-order valence-corrected chi connectivity index (χ2v) is 9.19. The molecule has 2 N–H and O–H groups in total. The quantitative estimate of drug-likeness (QED) is 0.725. The molecule has 32 heavy (non-hydrogen) atoms. The summed E-state index contributed by atoms with van der Waals surface area (Å²) < 4.78 is 1.49. The standard InChI is InChI=1S/C24H31N5O3/c1-16(17-9-5-4-6-10-17)14-25-21(30)19-13-20-22(31)28(3)24(2,15-29(20)27-19)23(32)26-18-11-7-8-12-18/h4-6,9-10,13,16,18H,7-8,11-12,14-15H2,1-3H3,(H,25,30)(H,26,32)/t16-,24+/m0/s1. The Balaban J connectivity index is 1.46. The Bertz CT molecular complexity index is 1010. The summed E-state index contributed by atoms with van der Waals surface area (Å²) >= 11 is 0. The molecule has 2 aliphatic rings. The highest BCUT2D eigenvalue weighted by atomic mass is 16.2. The van der Waals surface area contributed by atoms with Gasteiger partial charge in [-0.25, -0.2) is 0 Å². The van der Waals surface area contributed by atoms with Crippen LogP contribution in [0.4, 0.5) is 0 Å². The second kappa shape index (κ2) is 8.76. The van der Waals surface area contributed by atoms with E-state index in [9.17, 15) is 14.4 Å². The number of rotatable bonds is 6. The van der Waals surface area contributed by atoms with Gasteiger partial charge in [-0.15, -0.1) is 0 Å². The van der Waals surface area contributed by atoms with Crippen LogP contribution in [0.1, 0.15) is 72.0 Å². The molecular weight excluding hydrogens is 406 g/mol. The van der Waals surface area contributed by atoms with Crippen molar-refractivity contribution in [3.8, 4) is 0 Å². The fraction of sp³-hybridized carbons (Fsp3) is 0.500. The van der Waals surface area contributed by atoms with Crippen LogP contribution in [0.15, 0.2) is 36.4 Å². The molecule has 0 bridgehead atoms. The van der Waals surface area contributed by atoms with Gasteiger partial charge >= 0.3 is 0 Å². The number of carbonyl (C=O) groups excluding carboxylic acids is 3. The molecule has 1 aromatic heterocycles. The lowest BCUT2D eigenvalue weighted by atomic mass is 9.95.